The van der Waals surface area contributed by atoms with Gasteiger partial charge in [-0.25, -0.2) is 13.4 Å². The van der Waals surface area contributed by atoms with Gasteiger partial charge in [0.15, 0.2) is 0 Å². The Balaban J connectivity index is 2.17. The highest BCUT2D eigenvalue weighted by Gasteiger charge is 2.29. The minimum Gasteiger partial charge on any atom is -0.324 e. The monoisotopic (exact) mass is 291 g/mol. The molecule has 1 aromatic heterocycles. The first-order chi connectivity index (χ1) is 8.43. The molecule has 18 heavy (non-hydrogen) atoms. The summed E-state index contributed by atoms with van der Waals surface area (Å²) in [5.41, 5.74) is 0. The van der Waals surface area contributed by atoms with Crippen molar-refractivity contribution in [2.45, 2.75) is 30.7 Å². The Morgan fingerprint density at radius 2 is 2.11 bits per heavy atom. The van der Waals surface area contributed by atoms with E-state index >= 15 is 0 Å². The predicted molar refractivity (Wildman–Crippen MR) is 70.0 cm³/mol. The van der Waals surface area contributed by atoms with Crippen LogP contribution in [-0.4, -0.2) is 35.9 Å². The third-order valence-corrected chi connectivity index (χ3v) is 5.79. The van der Waals surface area contributed by atoms with Gasteiger partial charge in [-0.3, -0.25) is 0 Å². The average Bonchev–Trinajstić information content (AvgIpc) is 2.91. The van der Waals surface area contributed by atoms with Crippen LogP contribution in [0.4, 0.5) is 0 Å². The Bertz CT molecular complexity index is 520. The van der Waals surface area contributed by atoms with Crippen LogP contribution in [0.2, 0.25) is 5.15 Å². The minimum atomic E-state index is -3.57. The van der Waals surface area contributed by atoms with Crippen LogP contribution < -0.4 is 0 Å². The molecule has 102 valence electrons. The summed E-state index contributed by atoms with van der Waals surface area (Å²) in [6, 6.07) is 0. The molecular formula is C11H18ClN3O2S. The SMILES string of the molecule is CN(CC1CCCC1)S(=O)(=O)c1ncn(C)c1Cl. The predicted octanol–water partition coefficient (Wildman–Crippen LogP) is 1.88. The minimum absolute atomic E-state index is 0.0489. The summed E-state index contributed by atoms with van der Waals surface area (Å²) in [6.07, 6.45) is 6.02. The van der Waals surface area contributed by atoms with E-state index in [1.54, 1.807) is 14.1 Å². The smallest absolute Gasteiger partial charge is 0.263 e. The fourth-order valence-electron chi connectivity index (χ4n) is 2.37. The first-order valence-corrected chi connectivity index (χ1v) is 7.88. The average molecular weight is 292 g/mol. The van der Waals surface area contributed by atoms with Crippen LogP contribution >= 0.6 is 11.6 Å². The summed E-state index contributed by atoms with van der Waals surface area (Å²) in [5.74, 6) is 0.465. The van der Waals surface area contributed by atoms with Crippen LogP contribution in [0, 0.1) is 5.92 Å². The van der Waals surface area contributed by atoms with Gasteiger partial charge in [-0.15, -0.1) is 0 Å². The van der Waals surface area contributed by atoms with Crippen molar-refractivity contribution < 1.29 is 8.42 Å². The van der Waals surface area contributed by atoms with Gasteiger partial charge in [0.1, 0.15) is 5.15 Å². The molecule has 5 nitrogen and oxygen atoms in total. The molecule has 7 heteroatoms. The van der Waals surface area contributed by atoms with Crippen LogP contribution in [0.25, 0.3) is 0 Å². The second-order valence-corrected chi connectivity index (χ2v) is 7.21. The molecule has 0 atom stereocenters. The van der Waals surface area contributed by atoms with E-state index in [4.69, 9.17) is 11.6 Å². The van der Waals surface area contributed by atoms with Crippen molar-refractivity contribution >= 4 is 21.6 Å². The second-order valence-electron chi connectivity index (χ2n) is 4.89. The van der Waals surface area contributed by atoms with E-state index in [9.17, 15) is 8.42 Å². The van der Waals surface area contributed by atoms with Crippen molar-refractivity contribution in [3.63, 3.8) is 0 Å². The number of aromatic nitrogens is 2. The summed E-state index contributed by atoms with van der Waals surface area (Å²) < 4.78 is 27.5. The van der Waals surface area contributed by atoms with Gasteiger partial charge in [-0.1, -0.05) is 24.4 Å². The molecule has 1 aliphatic carbocycles. The second kappa shape index (κ2) is 5.19. The first-order valence-electron chi connectivity index (χ1n) is 6.06. The zero-order valence-electron chi connectivity index (χ0n) is 10.6. The molecule has 0 amide bonds. The maximum atomic E-state index is 12.3. The summed E-state index contributed by atoms with van der Waals surface area (Å²) >= 11 is 5.95. The largest absolute Gasteiger partial charge is 0.324 e. The summed E-state index contributed by atoms with van der Waals surface area (Å²) in [6.45, 7) is 0.551. The van der Waals surface area contributed by atoms with Crippen LogP contribution in [0.5, 0.6) is 0 Å². The zero-order valence-corrected chi connectivity index (χ0v) is 12.2. The van der Waals surface area contributed by atoms with E-state index in [2.05, 4.69) is 4.98 Å². The number of sulfonamides is 1. The lowest BCUT2D eigenvalue weighted by Gasteiger charge is -2.19. The molecule has 0 aliphatic heterocycles. The number of hydrogen-bond acceptors (Lipinski definition) is 3. The number of rotatable bonds is 4. The molecule has 0 saturated heterocycles. The van der Waals surface area contributed by atoms with Crippen LogP contribution in [0.1, 0.15) is 25.7 Å². The lowest BCUT2D eigenvalue weighted by Crippen LogP contribution is -2.31. The Kier molecular flexibility index (Phi) is 3.99. The van der Waals surface area contributed by atoms with E-state index in [0.29, 0.717) is 12.5 Å². The van der Waals surface area contributed by atoms with Crippen LogP contribution in [0.15, 0.2) is 11.4 Å². The molecule has 1 heterocycles. The quantitative estimate of drug-likeness (QED) is 0.851. The summed E-state index contributed by atoms with van der Waals surface area (Å²) in [5, 5.41) is 0.112. The van der Waals surface area contributed by atoms with E-state index < -0.39 is 10.0 Å². The van der Waals surface area contributed by atoms with Crippen molar-refractivity contribution in [1.82, 2.24) is 13.9 Å². The fraction of sp³-hybridized carbons (Fsp3) is 0.727. The third-order valence-electron chi connectivity index (χ3n) is 3.48. The van der Waals surface area contributed by atoms with E-state index in [0.717, 1.165) is 12.8 Å². The number of hydrogen-bond donors (Lipinski definition) is 0. The topological polar surface area (TPSA) is 55.2 Å². The zero-order chi connectivity index (χ0) is 13.3. The molecule has 0 radical (unpaired) electrons. The van der Waals surface area contributed by atoms with Gasteiger partial charge >= 0.3 is 0 Å². The van der Waals surface area contributed by atoms with Crippen molar-refractivity contribution in [2.75, 3.05) is 13.6 Å². The first kappa shape index (κ1) is 13.8. The van der Waals surface area contributed by atoms with Crippen LogP contribution in [-0.2, 0) is 17.1 Å². The maximum Gasteiger partial charge on any atom is 0.263 e. The Labute approximate surface area is 113 Å². The standard InChI is InChI=1S/C11H18ClN3O2S/c1-14-8-13-11(10(14)12)18(16,17)15(2)7-9-5-3-4-6-9/h8-9H,3-7H2,1-2H3. The number of imidazole rings is 1. The molecule has 0 spiro atoms. The van der Waals surface area contributed by atoms with Crippen LogP contribution in [0.3, 0.4) is 0 Å². The molecule has 0 bridgehead atoms. The Morgan fingerprint density at radius 1 is 1.50 bits per heavy atom. The normalized spacial score (nSPS) is 17.8. The van der Waals surface area contributed by atoms with E-state index in [-0.39, 0.29) is 10.2 Å². The molecule has 1 aliphatic rings. The van der Waals surface area contributed by atoms with Crippen molar-refractivity contribution in [3.8, 4) is 0 Å². The number of aryl methyl sites for hydroxylation is 1. The molecule has 1 fully saturated rings. The van der Waals surface area contributed by atoms with Gasteiger partial charge in [0.25, 0.3) is 10.0 Å². The highest BCUT2D eigenvalue weighted by Crippen LogP contribution is 2.28. The molecule has 2 rings (SSSR count). The van der Waals surface area contributed by atoms with Gasteiger partial charge in [0, 0.05) is 20.6 Å². The molecule has 1 saturated carbocycles. The molecule has 0 N–H and O–H groups in total. The lowest BCUT2D eigenvalue weighted by atomic mass is 10.1. The molecule has 0 aromatic carbocycles. The lowest BCUT2D eigenvalue weighted by molar-refractivity contribution is 0.386. The molecule has 1 aromatic rings. The highest BCUT2D eigenvalue weighted by molar-refractivity contribution is 7.89. The third kappa shape index (κ3) is 2.55. The Hall–Kier alpha value is -0.590. The summed E-state index contributed by atoms with van der Waals surface area (Å²) in [4.78, 5) is 3.88. The fourth-order valence-corrected chi connectivity index (χ4v) is 3.99. The Morgan fingerprint density at radius 3 is 2.61 bits per heavy atom. The van der Waals surface area contributed by atoms with E-state index in [1.165, 1.54) is 28.0 Å². The van der Waals surface area contributed by atoms with Gasteiger partial charge in [0.2, 0.25) is 5.03 Å². The molecule has 0 unspecified atom stereocenters. The van der Waals surface area contributed by atoms with Gasteiger partial charge in [-0.2, -0.15) is 4.31 Å². The number of nitrogens with zero attached hydrogens (tertiary/aromatic N) is 3. The number of halogens is 1. The molecular weight excluding hydrogens is 274 g/mol. The van der Waals surface area contributed by atoms with Crippen molar-refractivity contribution in [1.29, 1.82) is 0 Å². The maximum absolute atomic E-state index is 12.3. The summed E-state index contributed by atoms with van der Waals surface area (Å²) in [7, 11) is -0.299. The van der Waals surface area contributed by atoms with Gasteiger partial charge < -0.3 is 4.57 Å². The van der Waals surface area contributed by atoms with Gasteiger partial charge in [0.05, 0.1) is 6.33 Å². The van der Waals surface area contributed by atoms with Gasteiger partial charge in [-0.05, 0) is 18.8 Å². The van der Waals surface area contributed by atoms with Crippen molar-refractivity contribution in [2.24, 2.45) is 13.0 Å². The van der Waals surface area contributed by atoms with Crippen molar-refractivity contribution in [3.05, 3.63) is 11.5 Å². The highest BCUT2D eigenvalue weighted by atomic mass is 35.5. The van der Waals surface area contributed by atoms with E-state index in [1.807, 2.05) is 0 Å².